The molecular weight excluding hydrogens is 690 g/mol. The summed E-state index contributed by atoms with van der Waals surface area (Å²) in [6, 6.07) is 5.60. The third-order valence-electron chi connectivity index (χ3n) is 6.70. The predicted molar refractivity (Wildman–Crippen MR) is 156 cm³/mol. The standard InChI is InChI=1S/C28H19Br2N7O6/c1-28-6-16(30)5-17(37-28)24-35-20(11-42-24)25-33-18(9-40-25)22(38)31-7-13-2-14(4-15(29)3-13)8-32-23(39)19-10-41-26(34-19)21-12-43-27(28)36-21/h2-5,9-12H,6-8H2,1H3,(H,31,38)(H,32,39). The molecule has 6 heterocycles. The van der Waals surface area contributed by atoms with E-state index in [4.69, 9.17) is 22.7 Å². The van der Waals surface area contributed by atoms with E-state index in [9.17, 15) is 9.59 Å². The highest BCUT2D eigenvalue weighted by Crippen LogP contribution is 2.39. The van der Waals surface area contributed by atoms with E-state index < -0.39 is 17.4 Å². The van der Waals surface area contributed by atoms with Crippen molar-refractivity contribution in [3.05, 3.63) is 92.6 Å². The summed E-state index contributed by atoms with van der Waals surface area (Å²) in [5, 5.41) is 5.66. The van der Waals surface area contributed by atoms with Crippen LogP contribution >= 0.6 is 31.9 Å². The van der Waals surface area contributed by atoms with E-state index in [0.717, 1.165) is 20.1 Å². The van der Waals surface area contributed by atoms with Crippen molar-refractivity contribution >= 4 is 49.4 Å². The van der Waals surface area contributed by atoms with Crippen LogP contribution in [0.4, 0.5) is 0 Å². The molecule has 4 aromatic heterocycles. The number of fused-ring (bicyclic) bond motifs is 15. The second-order valence-corrected chi connectivity index (χ2v) is 12.0. The molecule has 0 radical (unpaired) electrons. The van der Waals surface area contributed by atoms with Crippen molar-refractivity contribution in [1.29, 1.82) is 0 Å². The van der Waals surface area contributed by atoms with Crippen LogP contribution in [0.15, 0.2) is 80.9 Å². The molecule has 7 rings (SSSR count). The van der Waals surface area contributed by atoms with Crippen LogP contribution in [0.1, 0.15) is 57.2 Å². The molecular formula is C28H19Br2N7O6. The van der Waals surface area contributed by atoms with Gasteiger partial charge in [0.15, 0.2) is 22.8 Å². The van der Waals surface area contributed by atoms with Crippen LogP contribution in [0.25, 0.3) is 23.2 Å². The Bertz CT molecular complexity index is 1970. The minimum absolute atomic E-state index is 0.0772. The van der Waals surface area contributed by atoms with Gasteiger partial charge in [-0.1, -0.05) is 37.9 Å². The van der Waals surface area contributed by atoms with E-state index in [1.807, 2.05) is 25.1 Å². The molecule has 0 aliphatic carbocycles. The number of amides is 2. The molecule has 1 atom stereocenters. The zero-order chi connectivity index (χ0) is 29.7. The number of rotatable bonds is 0. The molecule has 43 heavy (non-hydrogen) atoms. The third kappa shape index (κ3) is 5.36. The maximum Gasteiger partial charge on any atom is 0.273 e. The first-order valence-corrected chi connectivity index (χ1v) is 14.5. The lowest BCUT2D eigenvalue weighted by Gasteiger charge is -2.25. The molecule has 1 aromatic carbocycles. The van der Waals surface area contributed by atoms with Crippen molar-refractivity contribution in [2.75, 3.05) is 0 Å². The van der Waals surface area contributed by atoms with E-state index in [-0.39, 0.29) is 42.1 Å². The lowest BCUT2D eigenvalue weighted by atomic mass is 9.95. The second-order valence-electron chi connectivity index (χ2n) is 10.0. The molecule has 2 N–H and O–H groups in total. The van der Waals surface area contributed by atoms with Crippen molar-refractivity contribution in [2.45, 2.75) is 32.0 Å². The second kappa shape index (κ2) is 10.6. The Labute approximate surface area is 259 Å². The lowest BCUT2D eigenvalue weighted by Crippen LogP contribution is -2.25. The van der Waals surface area contributed by atoms with Gasteiger partial charge in [-0.3, -0.25) is 14.6 Å². The molecule has 0 saturated heterocycles. The summed E-state index contributed by atoms with van der Waals surface area (Å²) >= 11 is 7.07. The molecule has 2 amide bonds. The number of hydrogen-bond donors (Lipinski definition) is 2. The van der Waals surface area contributed by atoms with Crippen molar-refractivity contribution in [1.82, 2.24) is 30.6 Å². The Balaban J connectivity index is 1.28. The molecule has 216 valence electrons. The van der Waals surface area contributed by atoms with Gasteiger partial charge in [-0.15, -0.1) is 0 Å². The van der Waals surface area contributed by atoms with Gasteiger partial charge in [-0.2, -0.15) is 0 Å². The Morgan fingerprint density at radius 1 is 0.721 bits per heavy atom. The Hall–Kier alpha value is -4.63. The van der Waals surface area contributed by atoms with E-state index >= 15 is 0 Å². The van der Waals surface area contributed by atoms with Crippen molar-refractivity contribution in [3.8, 4) is 23.2 Å². The zero-order valence-electron chi connectivity index (χ0n) is 22.2. The van der Waals surface area contributed by atoms with Gasteiger partial charge in [0.1, 0.15) is 36.3 Å². The molecule has 1 unspecified atom stereocenters. The van der Waals surface area contributed by atoms with Gasteiger partial charge in [-0.25, -0.2) is 19.9 Å². The van der Waals surface area contributed by atoms with Gasteiger partial charge < -0.3 is 28.3 Å². The summed E-state index contributed by atoms with van der Waals surface area (Å²) in [5.41, 5.74) is 1.85. The van der Waals surface area contributed by atoms with Gasteiger partial charge in [0.25, 0.3) is 11.8 Å². The van der Waals surface area contributed by atoms with Crippen molar-refractivity contribution in [2.24, 2.45) is 4.99 Å². The number of allylic oxidation sites excluding steroid dienone is 1. The summed E-state index contributed by atoms with van der Waals surface area (Å²) in [5.74, 6) is -0.135. The third-order valence-corrected chi connectivity index (χ3v) is 7.66. The topological polar surface area (TPSA) is 175 Å². The van der Waals surface area contributed by atoms with Crippen molar-refractivity contribution in [3.63, 3.8) is 0 Å². The quantitative estimate of drug-likeness (QED) is 0.215. The maximum atomic E-state index is 12.9. The summed E-state index contributed by atoms with van der Waals surface area (Å²) in [6.45, 7) is 2.27. The fourth-order valence-corrected chi connectivity index (χ4v) is 6.02. The normalized spacial score (nSPS) is 18.7. The Morgan fingerprint density at radius 2 is 1.26 bits per heavy atom. The Morgan fingerprint density at radius 3 is 1.91 bits per heavy atom. The van der Waals surface area contributed by atoms with Crippen molar-refractivity contribution < 1.29 is 27.3 Å². The lowest BCUT2D eigenvalue weighted by molar-refractivity contribution is 0.0938. The number of nitrogens with zero attached hydrogens (tertiary/aromatic N) is 5. The van der Waals surface area contributed by atoms with Gasteiger partial charge in [0.05, 0.1) is 0 Å². The minimum atomic E-state index is -0.937. The van der Waals surface area contributed by atoms with Crippen LogP contribution in [-0.4, -0.2) is 37.5 Å². The number of benzene rings is 1. The Kier molecular flexibility index (Phi) is 6.69. The molecule has 15 heteroatoms. The molecule has 13 nitrogen and oxygen atoms in total. The van der Waals surface area contributed by atoms with E-state index in [0.29, 0.717) is 29.4 Å². The fraction of sp³-hybridized carbons (Fsp3) is 0.179. The smallest absolute Gasteiger partial charge is 0.273 e. The number of carbonyl (C=O) groups excluding carboxylic acids is 2. The number of aliphatic imine (C=N–C) groups is 1. The molecule has 12 bridgehead atoms. The molecule has 0 fully saturated rings. The van der Waals surface area contributed by atoms with Crippen LogP contribution in [-0.2, 0) is 18.6 Å². The van der Waals surface area contributed by atoms with Crippen LogP contribution in [0.2, 0.25) is 0 Å². The predicted octanol–water partition coefficient (Wildman–Crippen LogP) is 5.30. The highest BCUT2D eigenvalue weighted by Gasteiger charge is 2.37. The summed E-state index contributed by atoms with van der Waals surface area (Å²) in [4.78, 5) is 48.2. The summed E-state index contributed by atoms with van der Waals surface area (Å²) in [7, 11) is 0. The number of oxazole rings is 4. The number of aromatic nitrogens is 4. The van der Waals surface area contributed by atoms with Crippen LogP contribution in [0, 0.1) is 0 Å². The van der Waals surface area contributed by atoms with E-state index in [1.165, 1.54) is 25.1 Å². The molecule has 0 spiro atoms. The molecule has 0 saturated carbocycles. The molecule has 2 aliphatic rings. The minimum Gasteiger partial charge on any atom is -0.445 e. The monoisotopic (exact) mass is 707 g/mol. The van der Waals surface area contributed by atoms with Crippen LogP contribution in [0.3, 0.4) is 0 Å². The van der Waals surface area contributed by atoms with Gasteiger partial charge in [0, 0.05) is 28.5 Å². The first-order chi connectivity index (χ1) is 20.7. The number of hydrogen-bond acceptors (Lipinski definition) is 11. The number of nitrogens with one attached hydrogen (secondary N) is 2. The average molecular weight is 709 g/mol. The van der Waals surface area contributed by atoms with E-state index in [2.05, 4.69) is 62.4 Å². The van der Waals surface area contributed by atoms with Gasteiger partial charge in [-0.05, 0) is 36.3 Å². The van der Waals surface area contributed by atoms with E-state index in [1.54, 1.807) is 6.08 Å². The summed E-state index contributed by atoms with van der Waals surface area (Å²) < 4.78 is 24.2. The fourth-order valence-electron chi connectivity index (χ4n) is 4.67. The largest absolute Gasteiger partial charge is 0.445 e. The number of halogens is 2. The summed E-state index contributed by atoms with van der Waals surface area (Å²) in [6.07, 6.45) is 7.52. The van der Waals surface area contributed by atoms with Crippen LogP contribution < -0.4 is 10.6 Å². The van der Waals surface area contributed by atoms with Gasteiger partial charge >= 0.3 is 0 Å². The average Bonchev–Trinajstić information content (AvgIpc) is 3.78. The van der Waals surface area contributed by atoms with Gasteiger partial charge in [0.2, 0.25) is 23.6 Å². The first kappa shape index (κ1) is 27.2. The number of dihydropyridines is 1. The highest BCUT2D eigenvalue weighted by atomic mass is 79.9. The molecule has 5 aromatic rings. The SMILES string of the molecule is CC12CC(Br)=CC(=N1)c1nc(co1)-c1nc(co1)C(=O)NCc1cc(Br)cc(c1)CNC(=O)c1coc(n1)-c1coc2n1. The van der Waals surface area contributed by atoms with Crippen LogP contribution in [0.5, 0.6) is 0 Å². The number of carbonyl (C=O) groups is 2. The highest BCUT2D eigenvalue weighted by molar-refractivity contribution is 9.11. The molecule has 2 aliphatic heterocycles. The maximum absolute atomic E-state index is 12.9. The first-order valence-electron chi connectivity index (χ1n) is 12.9. The zero-order valence-corrected chi connectivity index (χ0v) is 25.4.